The van der Waals surface area contributed by atoms with Crippen LogP contribution < -0.4 is 10.5 Å². The van der Waals surface area contributed by atoms with Crippen LogP contribution in [0.15, 0.2) is 54.1 Å². The van der Waals surface area contributed by atoms with Crippen LogP contribution in [-0.2, 0) is 6.61 Å². The van der Waals surface area contributed by atoms with E-state index in [1.165, 1.54) is 5.56 Å². The molecular weight excluding hydrogens is 292 g/mol. The van der Waals surface area contributed by atoms with Gasteiger partial charge < -0.3 is 10.5 Å². The molecule has 110 valence electrons. The van der Waals surface area contributed by atoms with Crippen molar-refractivity contribution in [2.45, 2.75) is 13.5 Å². The number of nitrogens with two attached hydrogens (primary N) is 1. The van der Waals surface area contributed by atoms with Crippen LogP contribution in [0, 0.1) is 18.3 Å². The number of thiocarbonyl (C=S) groups is 1. The third-order valence-corrected chi connectivity index (χ3v) is 3.30. The van der Waals surface area contributed by atoms with Crippen molar-refractivity contribution in [2.75, 3.05) is 0 Å². The Bertz CT molecular complexity index is 760. The molecule has 2 N–H and O–H groups in total. The lowest BCUT2D eigenvalue weighted by Gasteiger charge is -2.10. The van der Waals surface area contributed by atoms with Crippen LogP contribution in [0.4, 0.5) is 0 Å². The van der Waals surface area contributed by atoms with Crippen LogP contribution >= 0.6 is 12.2 Å². The van der Waals surface area contributed by atoms with Gasteiger partial charge in [-0.15, -0.1) is 0 Å². The van der Waals surface area contributed by atoms with E-state index >= 15 is 0 Å². The summed E-state index contributed by atoms with van der Waals surface area (Å²) in [7, 11) is 0. The highest BCUT2D eigenvalue weighted by atomic mass is 32.1. The zero-order valence-corrected chi connectivity index (χ0v) is 13.1. The number of hydrogen-bond donors (Lipinski definition) is 1. The summed E-state index contributed by atoms with van der Waals surface area (Å²) in [5.74, 6) is 0.688. The molecule has 0 aliphatic rings. The van der Waals surface area contributed by atoms with E-state index in [4.69, 9.17) is 28.0 Å². The van der Waals surface area contributed by atoms with Crippen molar-refractivity contribution in [3.8, 4) is 11.8 Å². The minimum Gasteiger partial charge on any atom is -0.488 e. The van der Waals surface area contributed by atoms with Crippen LogP contribution in [-0.4, -0.2) is 4.99 Å². The van der Waals surface area contributed by atoms with Crippen molar-refractivity contribution >= 4 is 23.3 Å². The lowest BCUT2D eigenvalue weighted by Crippen LogP contribution is -2.09. The Morgan fingerprint density at radius 1 is 1.27 bits per heavy atom. The van der Waals surface area contributed by atoms with Gasteiger partial charge in [0.1, 0.15) is 23.4 Å². The molecule has 0 amide bonds. The van der Waals surface area contributed by atoms with E-state index in [9.17, 15) is 0 Å². The number of nitrogens with zero attached hydrogens (tertiary/aromatic N) is 1. The van der Waals surface area contributed by atoms with Crippen molar-refractivity contribution < 1.29 is 4.74 Å². The fraction of sp³-hybridized carbons (Fsp3) is 0.111. The van der Waals surface area contributed by atoms with E-state index in [2.05, 4.69) is 6.07 Å². The zero-order chi connectivity index (χ0) is 15.9. The molecule has 0 unspecified atom stereocenters. The molecule has 0 fully saturated rings. The summed E-state index contributed by atoms with van der Waals surface area (Å²) in [4.78, 5) is 0.0796. The van der Waals surface area contributed by atoms with E-state index in [0.717, 1.165) is 11.1 Å². The van der Waals surface area contributed by atoms with Gasteiger partial charge in [0.25, 0.3) is 0 Å². The Balaban J connectivity index is 2.22. The number of nitriles is 1. The summed E-state index contributed by atoms with van der Waals surface area (Å²) in [5, 5.41) is 9.06. The molecule has 0 heterocycles. The van der Waals surface area contributed by atoms with Crippen LogP contribution in [0.3, 0.4) is 0 Å². The second-order valence-corrected chi connectivity index (χ2v) is 5.29. The molecule has 0 spiro atoms. The van der Waals surface area contributed by atoms with Gasteiger partial charge in [0, 0.05) is 5.56 Å². The summed E-state index contributed by atoms with van der Waals surface area (Å²) in [6.07, 6.45) is 1.65. The Morgan fingerprint density at radius 2 is 2.05 bits per heavy atom. The second-order valence-electron chi connectivity index (χ2n) is 4.85. The highest BCUT2D eigenvalue weighted by Crippen LogP contribution is 2.22. The quantitative estimate of drug-likeness (QED) is 0.519. The van der Waals surface area contributed by atoms with Gasteiger partial charge in [0.2, 0.25) is 0 Å². The van der Waals surface area contributed by atoms with Crippen molar-refractivity contribution in [1.82, 2.24) is 0 Å². The average molecular weight is 308 g/mol. The molecule has 0 saturated carbocycles. The first-order chi connectivity index (χ1) is 10.6. The summed E-state index contributed by atoms with van der Waals surface area (Å²) < 4.78 is 5.87. The van der Waals surface area contributed by atoms with E-state index in [0.29, 0.717) is 12.4 Å². The number of hydrogen-bond acceptors (Lipinski definition) is 3. The predicted molar refractivity (Wildman–Crippen MR) is 92.3 cm³/mol. The molecule has 0 bridgehead atoms. The molecule has 22 heavy (non-hydrogen) atoms. The normalized spacial score (nSPS) is 10.8. The van der Waals surface area contributed by atoms with Gasteiger partial charge in [0.15, 0.2) is 0 Å². The van der Waals surface area contributed by atoms with Gasteiger partial charge in [-0.1, -0.05) is 60.2 Å². The molecule has 2 aromatic carbocycles. The van der Waals surface area contributed by atoms with Gasteiger partial charge >= 0.3 is 0 Å². The van der Waals surface area contributed by atoms with Gasteiger partial charge in [-0.25, -0.2) is 0 Å². The van der Waals surface area contributed by atoms with Crippen LogP contribution in [0.5, 0.6) is 5.75 Å². The monoisotopic (exact) mass is 308 g/mol. The van der Waals surface area contributed by atoms with E-state index in [-0.39, 0.29) is 10.6 Å². The number of ether oxygens (including phenoxy) is 1. The Morgan fingerprint density at radius 3 is 2.73 bits per heavy atom. The first kappa shape index (κ1) is 15.7. The molecule has 0 aliphatic carbocycles. The fourth-order valence-electron chi connectivity index (χ4n) is 2.01. The van der Waals surface area contributed by atoms with E-state index in [1.807, 2.05) is 55.5 Å². The summed E-state index contributed by atoms with van der Waals surface area (Å²) in [6, 6.07) is 17.6. The first-order valence-corrected chi connectivity index (χ1v) is 7.20. The molecule has 0 radical (unpaired) electrons. The van der Waals surface area contributed by atoms with Crippen LogP contribution in [0.2, 0.25) is 0 Å². The number of aryl methyl sites for hydroxylation is 1. The molecule has 0 atom stereocenters. The number of para-hydroxylation sites is 1. The predicted octanol–water partition coefficient (Wildman–Crippen LogP) is 3.77. The van der Waals surface area contributed by atoms with Gasteiger partial charge in [-0.2, -0.15) is 5.26 Å². The number of rotatable bonds is 5. The Labute approximate surface area is 135 Å². The topological polar surface area (TPSA) is 59.0 Å². The number of benzene rings is 2. The summed E-state index contributed by atoms with van der Waals surface area (Å²) in [5.41, 5.74) is 8.85. The second kappa shape index (κ2) is 7.39. The molecule has 2 aromatic rings. The van der Waals surface area contributed by atoms with Crippen molar-refractivity contribution in [2.24, 2.45) is 5.73 Å². The van der Waals surface area contributed by atoms with E-state index < -0.39 is 0 Å². The molecule has 0 saturated heterocycles. The standard InChI is InChI=1S/C18H16N2OS/c1-13-5-4-6-14(9-13)12-21-17-8-3-2-7-15(17)10-16(11-19)18(20)22/h2-10H,12H2,1H3,(H2,20,22)/b16-10+. The highest BCUT2D eigenvalue weighted by molar-refractivity contribution is 7.80. The lowest BCUT2D eigenvalue weighted by molar-refractivity contribution is 0.305. The highest BCUT2D eigenvalue weighted by Gasteiger charge is 2.05. The smallest absolute Gasteiger partial charge is 0.127 e. The molecule has 0 aliphatic heterocycles. The average Bonchev–Trinajstić information content (AvgIpc) is 2.51. The van der Waals surface area contributed by atoms with Crippen molar-refractivity contribution in [3.63, 3.8) is 0 Å². The maximum absolute atomic E-state index is 9.06. The lowest BCUT2D eigenvalue weighted by atomic mass is 10.1. The Hall–Kier alpha value is -2.64. The summed E-state index contributed by atoms with van der Waals surface area (Å²) in [6.45, 7) is 2.50. The van der Waals surface area contributed by atoms with Crippen molar-refractivity contribution in [3.05, 3.63) is 70.8 Å². The minimum atomic E-state index is 0.0796. The maximum atomic E-state index is 9.06. The maximum Gasteiger partial charge on any atom is 0.127 e. The minimum absolute atomic E-state index is 0.0796. The van der Waals surface area contributed by atoms with E-state index in [1.54, 1.807) is 6.08 Å². The fourth-order valence-corrected chi connectivity index (χ4v) is 2.11. The first-order valence-electron chi connectivity index (χ1n) is 6.79. The van der Waals surface area contributed by atoms with Gasteiger partial charge in [0.05, 0.1) is 5.57 Å². The largest absolute Gasteiger partial charge is 0.488 e. The van der Waals surface area contributed by atoms with Gasteiger partial charge in [-0.3, -0.25) is 0 Å². The molecular formula is C18H16N2OS. The van der Waals surface area contributed by atoms with Gasteiger partial charge in [-0.05, 0) is 24.6 Å². The molecule has 3 nitrogen and oxygen atoms in total. The SMILES string of the molecule is Cc1cccc(COc2ccccc2/C=C(\C#N)C(N)=S)c1. The third kappa shape index (κ3) is 4.18. The summed E-state index contributed by atoms with van der Waals surface area (Å²) >= 11 is 4.86. The molecule has 2 rings (SSSR count). The van der Waals surface area contributed by atoms with Crippen LogP contribution in [0.1, 0.15) is 16.7 Å². The third-order valence-electron chi connectivity index (χ3n) is 3.08. The zero-order valence-electron chi connectivity index (χ0n) is 12.2. The molecule has 4 heteroatoms. The Kier molecular flexibility index (Phi) is 5.29. The van der Waals surface area contributed by atoms with Crippen LogP contribution in [0.25, 0.3) is 6.08 Å². The van der Waals surface area contributed by atoms with Crippen molar-refractivity contribution in [1.29, 1.82) is 5.26 Å². The molecule has 0 aromatic heterocycles.